The average Bonchev–Trinajstić information content (AvgIpc) is 3.30. The summed E-state index contributed by atoms with van der Waals surface area (Å²) in [6.45, 7) is 1.75. The number of hydrogen-bond acceptors (Lipinski definition) is 3. The number of alkyl halides is 3. The van der Waals surface area contributed by atoms with E-state index in [1.54, 1.807) is 6.92 Å². The minimum atomic E-state index is -4.44. The lowest BCUT2D eigenvalue weighted by Gasteiger charge is -2.17. The van der Waals surface area contributed by atoms with Crippen molar-refractivity contribution in [2.75, 3.05) is 0 Å². The standard InChI is InChI=1S/C16H15F3N2O2/c1-9-2-3-11(6-14(9)21(22)23)15-13(10-4-5-10)7-12(8-20-15)16(17,18)19/h3,6-10H,2,4-5H2,1H3. The molecule has 0 spiro atoms. The third-order valence-electron chi connectivity index (χ3n) is 4.25. The molecule has 1 atom stereocenters. The highest BCUT2D eigenvalue weighted by Crippen LogP contribution is 2.45. The predicted octanol–water partition coefficient (Wildman–Crippen LogP) is 4.56. The Balaban J connectivity index is 2.05. The van der Waals surface area contributed by atoms with Crippen LogP contribution in [0, 0.1) is 16.0 Å². The van der Waals surface area contributed by atoms with E-state index in [1.165, 1.54) is 6.08 Å². The first-order valence-corrected chi connectivity index (χ1v) is 7.41. The van der Waals surface area contributed by atoms with Gasteiger partial charge in [-0.2, -0.15) is 13.2 Å². The Morgan fingerprint density at radius 2 is 2.04 bits per heavy atom. The Labute approximate surface area is 130 Å². The van der Waals surface area contributed by atoms with Gasteiger partial charge in [-0.3, -0.25) is 15.1 Å². The maximum Gasteiger partial charge on any atom is 0.417 e. The lowest BCUT2D eigenvalue weighted by atomic mass is 9.91. The fourth-order valence-electron chi connectivity index (χ4n) is 2.77. The van der Waals surface area contributed by atoms with E-state index in [2.05, 4.69) is 4.98 Å². The number of pyridine rings is 1. The van der Waals surface area contributed by atoms with Gasteiger partial charge in [0.15, 0.2) is 0 Å². The first-order valence-electron chi connectivity index (χ1n) is 7.41. The largest absolute Gasteiger partial charge is 0.417 e. The van der Waals surface area contributed by atoms with Gasteiger partial charge in [-0.1, -0.05) is 13.0 Å². The Kier molecular flexibility index (Phi) is 3.74. The smallest absolute Gasteiger partial charge is 0.259 e. The molecule has 4 nitrogen and oxygen atoms in total. The molecule has 3 rings (SSSR count). The molecule has 0 radical (unpaired) electrons. The van der Waals surface area contributed by atoms with Crippen LogP contribution in [0.3, 0.4) is 0 Å². The van der Waals surface area contributed by atoms with E-state index >= 15 is 0 Å². The summed E-state index contributed by atoms with van der Waals surface area (Å²) in [5.74, 6) is -0.153. The second-order valence-corrected chi connectivity index (χ2v) is 6.06. The first-order chi connectivity index (χ1) is 10.8. The Hall–Kier alpha value is -2.18. The molecule has 1 saturated carbocycles. The summed E-state index contributed by atoms with van der Waals surface area (Å²) in [5.41, 5.74) is 0.828. The minimum absolute atomic E-state index is 0.0625. The number of nitro groups is 1. The maximum atomic E-state index is 12.9. The zero-order valence-electron chi connectivity index (χ0n) is 12.4. The van der Waals surface area contributed by atoms with Crippen molar-refractivity contribution in [3.05, 3.63) is 57.0 Å². The van der Waals surface area contributed by atoms with Crippen LogP contribution in [0.1, 0.15) is 48.9 Å². The predicted molar refractivity (Wildman–Crippen MR) is 78.0 cm³/mol. The first kappa shape index (κ1) is 15.7. The quantitative estimate of drug-likeness (QED) is 0.605. The Morgan fingerprint density at radius 3 is 2.61 bits per heavy atom. The molecule has 23 heavy (non-hydrogen) atoms. The van der Waals surface area contributed by atoms with Crippen LogP contribution in [0.5, 0.6) is 0 Å². The molecule has 0 saturated heterocycles. The molecule has 0 N–H and O–H groups in total. The van der Waals surface area contributed by atoms with Crippen molar-refractivity contribution in [2.24, 2.45) is 5.92 Å². The van der Waals surface area contributed by atoms with Crippen molar-refractivity contribution in [1.29, 1.82) is 0 Å². The molecule has 7 heteroatoms. The van der Waals surface area contributed by atoms with Crippen LogP contribution < -0.4 is 0 Å². The second-order valence-electron chi connectivity index (χ2n) is 6.06. The van der Waals surface area contributed by atoms with E-state index < -0.39 is 16.7 Å². The SMILES string of the molecule is CC1CC=C(c2ncc(C(F)(F)F)cc2C2CC2)C=C1[N+](=O)[O-]. The summed E-state index contributed by atoms with van der Waals surface area (Å²) in [6, 6.07) is 1.14. The van der Waals surface area contributed by atoms with Gasteiger partial charge in [0.05, 0.1) is 22.1 Å². The fourth-order valence-corrected chi connectivity index (χ4v) is 2.77. The van der Waals surface area contributed by atoms with Crippen LogP contribution >= 0.6 is 0 Å². The van der Waals surface area contributed by atoms with E-state index in [9.17, 15) is 23.3 Å². The van der Waals surface area contributed by atoms with Crippen LogP contribution in [-0.2, 0) is 6.18 Å². The fraction of sp³-hybridized carbons (Fsp3) is 0.438. The number of hydrogen-bond donors (Lipinski definition) is 0. The van der Waals surface area contributed by atoms with Gasteiger partial charge in [-0.05, 0) is 36.8 Å². The highest BCUT2D eigenvalue weighted by molar-refractivity contribution is 5.75. The molecular weight excluding hydrogens is 309 g/mol. The number of halogens is 3. The van der Waals surface area contributed by atoms with Gasteiger partial charge in [-0.25, -0.2) is 0 Å². The molecule has 2 aliphatic rings. The van der Waals surface area contributed by atoms with Gasteiger partial charge >= 0.3 is 6.18 Å². The molecule has 0 amide bonds. The third-order valence-corrected chi connectivity index (χ3v) is 4.25. The molecule has 0 aromatic carbocycles. The van der Waals surface area contributed by atoms with Gasteiger partial charge in [-0.15, -0.1) is 0 Å². The summed E-state index contributed by atoms with van der Waals surface area (Å²) >= 11 is 0. The van der Waals surface area contributed by atoms with Crippen LogP contribution in [0.25, 0.3) is 5.57 Å². The Morgan fingerprint density at radius 1 is 1.35 bits per heavy atom. The molecule has 1 heterocycles. The van der Waals surface area contributed by atoms with E-state index in [0.717, 1.165) is 25.1 Å². The van der Waals surface area contributed by atoms with Crippen molar-refractivity contribution < 1.29 is 18.1 Å². The lowest BCUT2D eigenvalue weighted by molar-refractivity contribution is -0.433. The van der Waals surface area contributed by atoms with E-state index in [4.69, 9.17) is 0 Å². The van der Waals surface area contributed by atoms with Gasteiger partial charge in [0, 0.05) is 17.8 Å². The van der Waals surface area contributed by atoms with Gasteiger partial charge in [0.2, 0.25) is 5.70 Å². The van der Waals surface area contributed by atoms with Gasteiger partial charge < -0.3 is 0 Å². The van der Waals surface area contributed by atoms with E-state index in [1.807, 2.05) is 6.08 Å². The van der Waals surface area contributed by atoms with Crippen LogP contribution in [0.15, 0.2) is 30.1 Å². The Bertz CT molecular complexity index is 719. The van der Waals surface area contributed by atoms with Gasteiger partial charge in [0.25, 0.3) is 0 Å². The minimum Gasteiger partial charge on any atom is -0.259 e. The molecule has 1 aromatic heterocycles. The summed E-state index contributed by atoms with van der Waals surface area (Å²) in [6.07, 6.45) is 1.76. The maximum absolute atomic E-state index is 12.9. The van der Waals surface area contributed by atoms with E-state index in [-0.39, 0.29) is 17.5 Å². The van der Waals surface area contributed by atoms with Crippen molar-refractivity contribution in [2.45, 2.75) is 38.3 Å². The molecule has 1 unspecified atom stereocenters. The van der Waals surface area contributed by atoms with Crippen molar-refractivity contribution in [3.8, 4) is 0 Å². The van der Waals surface area contributed by atoms with E-state index in [0.29, 0.717) is 23.3 Å². The molecule has 122 valence electrons. The normalized spacial score (nSPS) is 21.7. The summed E-state index contributed by atoms with van der Waals surface area (Å²) in [7, 11) is 0. The van der Waals surface area contributed by atoms with Crippen LogP contribution in [0.4, 0.5) is 13.2 Å². The van der Waals surface area contributed by atoms with Gasteiger partial charge in [0.1, 0.15) is 0 Å². The molecule has 0 bridgehead atoms. The third kappa shape index (κ3) is 3.13. The van der Waals surface area contributed by atoms with Crippen LogP contribution in [0.2, 0.25) is 0 Å². The molecule has 0 aliphatic heterocycles. The number of nitrogens with zero attached hydrogens (tertiary/aromatic N) is 2. The number of allylic oxidation sites excluding steroid dienone is 4. The summed E-state index contributed by atoms with van der Waals surface area (Å²) < 4.78 is 38.7. The number of rotatable bonds is 3. The topological polar surface area (TPSA) is 56.0 Å². The highest BCUT2D eigenvalue weighted by Gasteiger charge is 2.35. The molecule has 1 fully saturated rings. The highest BCUT2D eigenvalue weighted by atomic mass is 19.4. The molecule has 2 aliphatic carbocycles. The van der Waals surface area contributed by atoms with Crippen LogP contribution in [-0.4, -0.2) is 9.91 Å². The lowest BCUT2D eigenvalue weighted by Crippen LogP contribution is -2.13. The summed E-state index contributed by atoms with van der Waals surface area (Å²) in [4.78, 5) is 14.7. The summed E-state index contributed by atoms with van der Waals surface area (Å²) in [5, 5.41) is 11.1. The number of aromatic nitrogens is 1. The van der Waals surface area contributed by atoms with Crippen molar-refractivity contribution >= 4 is 5.57 Å². The molecular formula is C16H15F3N2O2. The monoisotopic (exact) mass is 324 g/mol. The average molecular weight is 324 g/mol. The zero-order valence-corrected chi connectivity index (χ0v) is 12.4. The van der Waals surface area contributed by atoms with Crippen molar-refractivity contribution in [3.63, 3.8) is 0 Å². The van der Waals surface area contributed by atoms with Crippen molar-refractivity contribution in [1.82, 2.24) is 4.98 Å². The molecule has 1 aromatic rings. The second kappa shape index (κ2) is 5.47. The zero-order chi connectivity index (χ0) is 16.8.